The molecule has 1 aliphatic heterocycles. The SMILES string of the molecule is O=C(CCc1ccno1)N1CCN(Cc2ccccc2)CCCNc2ccc(Br)cc2C1. The van der Waals surface area contributed by atoms with Crippen molar-refractivity contribution < 1.29 is 9.32 Å². The van der Waals surface area contributed by atoms with E-state index in [1.807, 2.05) is 23.1 Å². The Labute approximate surface area is 197 Å². The van der Waals surface area contributed by atoms with Crippen LogP contribution in [0.3, 0.4) is 0 Å². The predicted molar refractivity (Wildman–Crippen MR) is 129 cm³/mol. The lowest BCUT2D eigenvalue weighted by Crippen LogP contribution is -2.38. The zero-order chi connectivity index (χ0) is 22.2. The van der Waals surface area contributed by atoms with Crippen LogP contribution >= 0.6 is 15.9 Å². The van der Waals surface area contributed by atoms with Crippen molar-refractivity contribution in [1.29, 1.82) is 0 Å². The maximum absolute atomic E-state index is 13.2. The van der Waals surface area contributed by atoms with Crippen LogP contribution in [0.5, 0.6) is 0 Å². The summed E-state index contributed by atoms with van der Waals surface area (Å²) in [5.41, 5.74) is 3.52. The number of hydrogen-bond donors (Lipinski definition) is 1. The number of fused-ring (bicyclic) bond motifs is 1. The lowest BCUT2D eigenvalue weighted by Gasteiger charge is -2.28. The number of carbonyl (C=O) groups excluding carboxylic acids is 1. The Kier molecular flexibility index (Phi) is 7.96. The molecule has 0 aliphatic carbocycles. The van der Waals surface area contributed by atoms with Crippen LogP contribution in [-0.4, -0.2) is 47.0 Å². The molecule has 0 radical (unpaired) electrons. The van der Waals surface area contributed by atoms with E-state index < -0.39 is 0 Å². The minimum absolute atomic E-state index is 0.131. The zero-order valence-corrected chi connectivity index (χ0v) is 19.8. The van der Waals surface area contributed by atoms with Gasteiger partial charge < -0.3 is 14.7 Å². The fraction of sp³-hybridized carbons (Fsp3) is 0.360. The van der Waals surface area contributed by atoms with Crippen LogP contribution in [-0.2, 0) is 24.3 Å². The summed E-state index contributed by atoms with van der Waals surface area (Å²) in [5.74, 6) is 0.873. The number of carbonyl (C=O) groups is 1. The average molecular weight is 497 g/mol. The number of hydrogen-bond acceptors (Lipinski definition) is 5. The normalized spacial score (nSPS) is 15.5. The number of aryl methyl sites for hydroxylation is 1. The van der Waals surface area contributed by atoms with Crippen LogP contribution in [0.1, 0.15) is 29.7 Å². The Morgan fingerprint density at radius 2 is 1.97 bits per heavy atom. The number of rotatable bonds is 5. The maximum atomic E-state index is 13.2. The van der Waals surface area contributed by atoms with Crippen molar-refractivity contribution in [3.05, 3.63) is 82.2 Å². The molecule has 0 saturated carbocycles. The number of nitrogens with one attached hydrogen (secondary N) is 1. The van der Waals surface area contributed by atoms with Crippen molar-refractivity contribution >= 4 is 27.5 Å². The second kappa shape index (κ2) is 11.3. The van der Waals surface area contributed by atoms with Crippen LogP contribution in [0, 0.1) is 0 Å². The zero-order valence-electron chi connectivity index (χ0n) is 18.2. The van der Waals surface area contributed by atoms with E-state index in [9.17, 15) is 4.79 Å². The van der Waals surface area contributed by atoms with Crippen molar-refractivity contribution in [1.82, 2.24) is 15.0 Å². The molecule has 0 bridgehead atoms. The summed E-state index contributed by atoms with van der Waals surface area (Å²) in [6.07, 6.45) is 3.63. The number of halogens is 1. The molecule has 1 N–H and O–H groups in total. The summed E-state index contributed by atoms with van der Waals surface area (Å²) in [6.45, 7) is 4.88. The first kappa shape index (κ1) is 22.6. The lowest BCUT2D eigenvalue weighted by atomic mass is 10.1. The minimum Gasteiger partial charge on any atom is -0.385 e. The van der Waals surface area contributed by atoms with E-state index in [0.717, 1.165) is 54.1 Å². The largest absolute Gasteiger partial charge is 0.385 e. The minimum atomic E-state index is 0.131. The predicted octanol–water partition coefficient (Wildman–Crippen LogP) is 4.72. The van der Waals surface area contributed by atoms with Gasteiger partial charge in [0, 0.05) is 68.3 Å². The molecule has 1 aliphatic rings. The topological polar surface area (TPSA) is 61.6 Å². The molecule has 168 valence electrons. The van der Waals surface area contributed by atoms with Gasteiger partial charge in [0.05, 0.1) is 6.20 Å². The van der Waals surface area contributed by atoms with Crippen molar-refractivity contribution in [2.45, 2.75) is 32.4 Å². The van der Waals surface area contributed by atoms with Crippen LogP contribution in [0.2, 0.25) is 0 Å². The number of benzene rings is 2. The quantitative estimate of drug-likeness (QED) is 0.553. The van der Waals surface area contributed by atoms with Gasteiger partial charge >= 0.3 is 0 Å². The third-order valence-corrected chi connectivity index (χ3v) is 6.25. The molecule has 3 aromatic rings. The molecular weight excluding hydrogens is 468 g/mol. The number of nitrogens with zero attached hydrogens (tertiary/aromatic N) is 3. The summed E-state index contributed by atoms with van der Waals surface area (Å²) in [4.78, 5) is 17.6. The summed E-state index contributed by atoms with van der Waals surface area (Å²) < 4.78 is 6.20. The third kappa shape index (κ3) is 6.43. The molecular formula is C25H29BrN4O2. The summed E-state index contributed by atoms with van der Waals surface area (Å²) >= 11 is 3.59. The first-order chi connectivity index (χ1) is 15.7. The summed E-state index contributed by atoms with van der Waals surface area (Å²) in [5, 5.41) is 7.32. The number of aromatic nitrogens is 1. The molecule has 7 heteroatoms. The Morgan fingerprint density at radius 1 is 1.09 bits per heavy atom. The van der Waals surface area contributed by atoms with Gasteiger partial charge in [-0.05, 0) is 35.7 Å². The first-order valence-electron chi connectivity index (χ1n) is 11.1. The molecule has 6 nitrogen and oxygen atoms in total. The number of anilines is 1. The monoisotopic (exact) mass is 496 g/mol. The molecule has 0 fully saturated rings. The van der Waals surface area contributed by atoms with Gasteiger partial charge in [-0.25, -0.2) is 0 Å². The van der Waals surface area contributed by atoms with Gasteiger partial charge in [-0.1, -0.05) is 51.4 Å². The fourth-order valence-electron chi connectivity index (χ4n) is 4.02. The highest BCUT2D eigenvalue weighted by Crippen LogP contribution is 2.24. The molecule has 1 amide bonds. The van der Waals surface area contributed by atoms with Gasteiger partial charge in [0.15, 0.2) is 0 Å². The van der Waals surface area contributed by atoms with Gasteiger partial charge in [-0.3, -0.25) is 9.69 Å². The standard InChI is InChI=1S/C25H29BrN4O2/c26-22-7-9-24-21(17-22)19-30(25(31)10-8-23-11-13-28-32-23)16-15-29(14-4-12-27-24)18-20-5-2-1-3-6-20/h1-3,5-7,9,11,13,17,27H,4,8,10,12,14-16,18-19H2. The third-order valence-electron chi connectivity index (χ3n) is 5.76. The summed E-state index contributed by atoms with van der Waals surface area (Å²) in [6, 6.07) is 18.6. The maximum Gasteiger partial charge on any atom is 0.223 e. The van der Waals surface area contributed by atoms with E-state index in [1.165, 1.54) is 5.56 Å². The highest BCUT2D eigenvalue weighted by Gasteiger charge is 2.19. The van der Waals surface area contributed by atoms with Crippen LogP contribution < -0.4 is 5.32 Å². The van der Waals surface area contributed by atoms with Crippen molar-refractivity contribution in [2.24, 2.45) is 0 Å². The lowest BCUT2D eigenvalue weighted by molar-refractivity contribution is -0.132. The van der Waals surface area contributed by atoms with Gasteiger partial charge in [0.1, 0.15) is 5.76 Å². The van der Waals surface area contributed by atoms with Crippen LogP contribution in [0.4, 0.5) is 5.69 Å². The molecule has 0 saturated heterocycles. The summed E-state index contributed by atoms with van der Waals surface area (Å²) in [7, 11) is 0. The smallest absolute Gasteiger partial charge is 0.223 e. The second-order valence-electron chi connectivity index (χ2n) is 8.14. The van der Waals surface area contributed by atoms with E-state index in [4.69, 9.17) is 4.52 Å². The Balaban J connectivity index is 1.50. The van der Waals surface area contributed by atoms with E-state index in [1.54, 1.807) is 6.20 Å². The Hall–Kier alpha value is -2.64. The van der Waals surface area contributed by atoms with E-state index >= 15 is 0 Å². The Morgan fingerprint density at radius 3 is 2.78 bits per heavy atom. The molecule has 2 aromatic carbocycles. The van der Waals surface area contributed by atoms with Crippen LogP contribution in [0.25, 0.3) is 0 Å². The molecule has 1 aromatic heterocycles. The fourth-order valence-corrected chi connectivity index (χ4v) is 4.43. The van der Waals surface area contributed by atoms with Gasteiger partial charge in [0.25, 0.3) is 0 Å². The molecule has 2 heterocycles. The van der Waals surface area contributed by atoms with Gasteiger partial charge in [-0.15, -0.1) is 0 Å². The molecule has 32 heavy (non-hydrogen) atoms. The second-order valence-corrected chi connectivity index (χ2v) is 9.05. The van der Waals surface area contributed by atoms with Gasteiger partial charge in [-0.2, -0.15) is 0 Å². The van der Waals surface area contributed by atoms with E-state index in [0.29, 0.717) is 25.9 Å². The van der Waals surface area contributed by atoms with E-state index in [-0.39, 0.29) is 5.91 Å². The average Bonchev–Trinajstić information content (AvgIpc) is 3.31. The highest BCUT2D eigenvalue weighted by molar-refractivity contribution is 9.10. The number of amides is 1. The Bertz CT molecular complexity index is 994. The van der Waals surface area contributed by atoms with Gasteiger partial charge in [0.2, 0.25) is 5.91 Å². The van der Waals surface area contributed by atoms with Crippen molar-refractivity contribution in [2.75, 3.05) is 31.5 Å². The van der Waals surface area contributed by atoms with Crippen molar-refractivity contribution in [3.8, 4) is 0 Å². The molecule has 0 spiro atoms. The van der Waals surface area contributed by atoms with Crippen LogP contribution in [0.15, 0.2) is 69.8 Å². The molecule has 0 atom stereocenters. The first-order valence-corrected chi connectivity index (χ1v) is 11.9. The van der Waals surface area contributed by atoms with E-state index in [2.05, 4.69) is 67.7 Å². The molecule has 4 rings (SSSR count). The highest BCUT2D eigenvalue weighted by atomic mass is 79.9. The molecule has 0 unspecified atom stereocenters. The van der Waals surface area contributed by atoms with Crippen molar-refractivity contribution in [3.63, 3.8) is 0 Å².